The molecular weight excluding hydrogens is 624 g/mol. The fraction of sp³-hybridized carbons (Fsp3) is 0.561. The minimum absolute atomic E-state index is 0.0394. The number of rotatable bonds is 7. The summed E-state index contributed by atoms with van der Waals surface area (Å²) in [6, 6.07) is 25.4. The molecule has 0 aliphatic carbocycles. The zero-order valence-electron chi connectivity index (χ0n) is 30.3. The first-order valence-corrected chi connectivity index (χ1v) is 19.4. The molecule has 0 spiro atoms. The van der Waals surface area contributed by atoms with Crippen molar-refractivity contribution >= 4 is 0 Å². The first-order chi connectivity index (χ1) is 24.7. The molecule has 0 unspecified atom stereocenters. The number of nitrogens with one attached hydrogen (secondary N) is 6. The van der Waals surface area contributed by atoms with Crippen LogP contribution in [0.3, 0.4) is 0 Å². The highest BCUT2D eigenvalue weighted by Crippen LogP contribution is 2.33. The van der Waals surface area contributed by atoms with Gasteiger partial charge in [-0.15, -0.1) is 0 Å². The SMILES string of the molecule is Fc1ccc(C(c2ccc(CN3CCCNCCNCCCNCC3)cc2)c2ccc(CN3CCCNCCNCCCNCC3)cc2)cc1. The summed E-state index contributed by atoms with van der Waals surface area (Å²) in [5, 5.41) is 21.4. The molecular formula is C41H63FN8. The molecule has 2 aliphatic heterocycles. The molecule has 0 amide bonds. The van der Waals surface area contributed by atoms with E-state index in [-0.39, 0.29) is 11.7 Å². The van der Waals surface area contributed by atoms with Crippen molar-refractivity contribution in [1.82, 2.24) is 41.7 Å². The molecule has 0 radical (unpaired) electrons. The van der Waals surface area contributed by atoms with E-state index >= 15 is 0 Å². The maximum atomic E-state index is 14.0. The van der Waals surface area contributed by atoms with E-state index in [1.165, 1.54) is 22.3 Å². The van der Waals surface area contributed by atoms with Gasteiger partial charge in [0.1, 0.15) is 5.82 Å². The topological polar surface area (TPSA) is 78.7 Å². The number of hydrogen-bond donors (Lipinski definition) is 6. The molecule has 0 aromatic heterocycles. The quantitative estimate of drug-likeness (QED) is 0.210. The molecule has 5 rings (SSSR count). The maximum absolute atomic E-state index is 14.0. The molecule has 2 aliphatic rings. The van der Waals surface area contributed by atoms with E-state index in [0.29, 0.717) is 0 Å². The number of benzene rings is 3. The molecule has 8 nitrogen and oxygen atoms in total. The molecule has 274 valence electrons. The third-order valence-electron chi connectivity index (χ3n) is 9.88. The Balaban J connectivity index is 1.24. The number of halogens is 1. The molecule has 2 fully saturated rings. The molecule has 2 saturated heterocycles. The van der Waals surface area contributed by atoms with E-state index in [2.05, 4.69) is 90.2 Å². The second-order valence-corrected chi connectivity index (χ2v) is 13.9. The molecule has 3 aromatic carbocycles. The van der Waals surface area contributed by atoms with Gasteiger partial charge in [0, 0.05) is 71.4 Å². The molecule has 0 atom stereocenters. The second-order valence-electron chi connectivity index (χ2n) is 13.9. The van der Waals surface area contributed by atoms with Crippen LogP contribution in [0, 0.1) is 5.82 Å². The van der Waals surface area contributed by atoms with E-state index in [1.807, 2.05) is 12.1 Å². The number of hydrogen-bond acceptors (Lipinski definition) is 8. The van der Waals surface area contributed by atoms with Crippen LogP contribution < -0.4 is 31.9 Å². The van der Waals surface area contributed by atoms with Crippen molar-refractivity contribution in [2.45, 2.75) is 44.7 Å². The zero-order valence-corrected chi connectivity index (χ0v) is 30.3. The largest absolute Gasteiger partial charge is 0.315 e. The maximum Gasteiger partial charge on any atom is 0.123 e. The highest BCUT2D eigenvalue weighted by molar-refractivity contribution is 5.44. The van der Waals surface area contributed by atoms with Crippen LogP contribution in [0.4, 0.5) is 4.39 Å². The van der Waals surface area contributed by atoms with Gasteiger partial charge >= 0.3 is 0 Å². The van der Waals surface area contributed by atoms with Gasteiger partial charge in [0.15, 0.2) is 0 Å². The lowest BCUT2D eigenvalue weighted by molar-refractivity contribution is 0.260. The van der Waals surface area contributed by atoms with E-state index in [0.717, 1.165) is 149 Å². The summed E-state index contributed by atoms with van der Waals surface area (Å²) in [4.78, 5) is 5.16. The summed E-state index contributed by atoms with van der Waals surface area (Å²) >= 11 is 0. The van der Waals surface area contributed by atoms with Gasteiger partial charge in [-0.25, -0.2) is 4.39 Å². The Bertz CT molecular complexity index is 1200. The summed E-state index contributed by atoms with van der Waals surface area (Å²) in [6.45, 7) is 18.6. The van der Waals surface area contributed by atoms with Crippen molar-refractivity contribution in [3.63, 3.8) is 0 Å². The first-order valence-electron chi connectivity index (χ1n) is 19.4. The van der Waals surface area contributed by atoms with Crippen LogP contribution in [0.25, 0.3) is 0 Å². The summed E-state index contributed by atoms with van der Waals surface area (Å²) in [7, 11) is 0. The molecule has 2 heterocycles. The zero-order chi connectivity index (χ0) is 34.5. The van der Waals surface area contributed by atoms with Gasteiger partial charge in [-0.2, -0.15) is 0 Å². The minimum Gasteiger partial charge on any atom is -0.315 e. The van der Waals surface area contributed by atoms with Crippen molar-refractivity contribution in [1.29, 1.82) is 0 Å². The Kier molecular flexibility index (Phi) is 17.7. The summed E-state index contributed by atoms with van der Waals surface area (Å²) < 4.78 is 14.0. The lowest BCUT2D eigenvalue weighted by Gasteiger charge is -2.25. The predicted octanol–water partition coefficient (Wildman–Crippen LogP) is 3.74. The molecule has 50 heavy (non-hydrogen) atoms. The van der Waals surface area contributed by atoms with Crippen molar-refractivity contribution in [2.24, 2.45) is 0 Å². The third kappa shape index (κ3) is 14.1. The van der Waals surface area contributed by atoms with Crippen LogP contribution in [0.5, 0.6) is 0 Å². The Morgan fingerprint density at radius 2 is 0.740 bits per heavy atom. The smallest absolute Gasteiger partial charge is 0.123 e. The van der Waals surface area contributed by atoms with Crippen LogP contribution in [0.15, 0.2) is 72.8 Å². The van der Waals surface area contributed by atoms with Gasteiger partial charge in [-0.05, 0) is 118 Å². The van der Waals surface area contributed by atoms with Crippen LogP contribution in [0.2, 0.25) is 0 Å². The lowest BCUT2D eigenvalue weighted by Crippen LogP contribution is -2.36. The normalized spacial score (nSPS) is 19.8. The monoisotopic (exact) mass is 687 g/mol. The number of nitrogens with zero attached hydrogens (tertiary/aromatic N) is 2. The molecule has 6 N–H and O–H groups in total. The van der Waals surface area contributed by atoms with Gasteiger partial charge in [0.2, 0.25) is 0 Å². The van der Waals surface area contributed by atoms with Crippen LogP contribution in [0.1, 0.15) is 59.4 Å². The Labute approximate surface area is 301 Å². The average Bonchev–Trinajstić information content (AvgIpc) is 3.13. The van der Waals surface area contributed by atoms with Gasteiger partial charge < -0.3 is 31.9 Å². The van der Waals surface area contributed by atoms with E-state index in [4.69, 9.17) is 0 Å². The Morgan fingerprint density at radius 1 is 0.400 bits per heavy atom. The van der Waals surface area contributed by atoms with E-state index in [9.17, 15) is 4.39 Å². The first kappa shape index (κ1) is 38.5. The second kappa shape index (κ2) is 23.0. The fourth-order valence-electron chi connectivity index (χ4n) is 7.03. The van der Waals surface area contributed by atoms with Gasteiger partial charge in [-0.1, -0.05) is 60.7 Å². The van der Waals surface area contributed by atoms with Crippen LogP contribution >= 0.6 is 0 Å². The van der Waals surface area contributed by atoms with Crippen molar-refractivity contribution < 1.29 is 4.39 Å². The third-order valence-corrected chi connectivity index (χ3v) is 9.88. The van der Waals surface area contributed by atoms with Gasteiger partial charge in [0.25, 0.3) is 0 Å². The fourth-order valence-corrected chi connectivity index (χ4v) is 7.03. The summed E-state index contributed by atoms with van der Waals surface area (Å²) in [6.07, 6.45) is 4.60. The van der Waals surface area contributed by atoms with Crippen molar-refractivity contribution in [2.75, 3.05) is 105 Å². The van der Waals surface area contributed by atoms with Gasteiger partial charge in [-0.3, -0.25) is 9.80 Å². The Morgan fingerprint density at radius 3 is 1.14 bits per heavy atom. The van der Waals surface area contributed by atoms with E-state index < -0.39 is 0 Å². The summed E-state index contributed by atoms with van der Waals surface area (Å²) in [5.74, 6) is -0.159. The highest BCUT2D eigenvalue weighted by Gasteiger charge is 2.18. The molecule has 0 bridgehead atoms. The van der Waals surface area contributed by atoms with Crippen LogP contribution in [-0.2, 0) is 13.1 Å². The summed E-state index contributed by atoms with van der Waals surface area (Å²) in [5.41, 5.74) is 6.24. The predicted molar refractivity (Wildman–Crippen MR) is 206 cm³/mol. The standard InChI is InChI=1S/C41H63FN8/c42-40-15-13-39(14-16-40)41(37-9-5-35(6-10-37)33-49-29-3-21-45-25-23-43-17-1-19-47-27-31-49)38-11-7-36(8-12-38)34-50-30-4-22-46-26-24-44-18-2-20-48-28-32-50/h5-16,41,43-48H,1-4,17-34H2. The lowest BCUT2D eigenvalue weighted by atomic mass is 9.84. The van der Waals surface area contributed by atoms with Crippen LogP contribution in [-0.4, -0.2) is 115 Å². The van der Waals surface area contributed by atoms with Crippen molar-refractivity contribution in [3.8, 4) is 0 Å². The molecule has 3 aromatic rings. The molecule has 9 heteroatoms. The minimum atomic E-state index is -0.199. The van der Waals surface area contributed by atoms with E-state index in [1.54, 1.807) is 12.1 Å². The Hall–Kier alpha value is -2.73. The van der Waals surface area contributed by atoms with Gasteiger partial charge in [0.05, 0.1) is 0 Å². The average molecular weight is 687 g/mol. The highest BCUT2D eigenvalue weighted by atomic mass is 19.1. The molecule has 0 saturated carbocycles. The van der Waals surface area contributed by atoms with Crippen molar-refractivity contribution in [3.05, 3.63) is 106 Å².